The lowest BCUT2D eigenvalue weighted by molar-refractivity contribution is -0.146. The average molecular weight is 255 g/mol. The number of rotatable bonds is 2. The van der Waals surface area contributed by atoms with E-state index in [1.165, 1.54) is 0 Å². The Balaban J connectivity index is 1.92. The summed E-state index contributed by atoms with van der Waals surface area (Å²) < 4.78 is 0. The number of hydrogen-bond donors (Lipinski definition) is 3. The molecule has 2 amide bonds. The third kappa shape index (κ3) is 2.79. The smallest absolute Gasteiger partial charge is 0.308 e. The van der Waals surface area contributed by atoms with Crippen molar-refractivity contribution in [1.82, 2.24) is 15.5 Å². The van der Waals surface area contributed by atoms with Crippen LogP contribution in [0.4, 0.5) is 0 Å². The fourth-order valence-corrected chi connectivity index (χ4v) is 2.34. The largest absolute Gasteiger partial charge is 0.481 e. The molecule has 0 bridgehead atoms. The molecule has 0 radical (unpaired) electrons. The molecule has 0 aromatic carbocycles. The summed E-state index contributed by atoms with van der Waals surface area (Å²) in [4.78, 5) is 35.6. The fraction of sp³-hybridized carbons (Fsp3) is 0.727. The van der Waals surface area contributed by atoms with Gasteiger partial charge in [-0.15, -0.1) is 0 Å². The molecule has 2 aliphatic heterocycles. The molecule has 2 rings (SSSR count). The summed E-state index contributed by atoms with van der Waals surface area (Å²) in [6.45, 7) is 1.26. The monoisotopic (exact) mass is 255 g/mol. The Hall–Kier alpha value is -1.63. The van der Waals surface area contributed by atoms with Gasteiger partial charge in [0, 0.05) is 19.6 Å². The highest BCUT2D eigenvalue weighted by Gasteiger charge is 2.33. The molecule has 3 N–H and O–H groups in total. The average Bonchev–Trinajstić information content (AvgIpc) is 2.39. The van der Waals surface area contributed by atoms with E-state index in [0.29, 0.717) is 19.4 Å². The first-order chi connectivity index (χ1) is 8.58. The number of nitrogens with zero attached hydrogens (tertiary/aromatic N) is 1. The van der Waals surface area contributed by atoms with Crippen molar-refractivity contribution >= 4 is 17.8 Å². The molecule has 100 valence electrons. The molecular formula is C11H17N3O4. The number of aliphatic carboxylic acids is 1. The van der Waals surface area contributed by atoms with Crippen molar-refractivity contribution in [3.63, 3.8) is 0 Å². The van der Waals surface area contributed by atoms with Crippen molar-refractivity contribution in [2.45, 2.75) is 18.9 Å². The second-order valence-corrected chi connectivity index (χ2v) is 4.70. The molecule has 7 nitrogen and oxygen atoms in total. The van der Waals surface area contributed by atoms with Crippen LogP contribution in [0.3, 0.4) is 0 Å². The van der Waals surface area contributed by atoms with Crippen LogP contribution in [-0.4, -0.2) is 60.0 Å². The van der Waals surface area contributed by atoms with Crippen molar-refractivity contribution in [2.75, 3.05) is 26.2 Å². The van der Waals surface area contributed by atoms with Gasteiger partial charge in [-0.3, -0.25) is 19.7 Å². The summed E-state index contributed by atoms with van der Waals surface area (Å²) in [6.07, 6.45) is 1.33. The third-order valence-corrected chi connectivity index (χ3v) is 3.39. The number of amides is 2. The Morgan fingerprint density at radius 1 is 1.39 bits per heavy atom. The number of carboxylic acid groups (broad SMARTS) is 1. The molecule has 18 heavy (non-hydrogen) atoms. The standard InChI is InChI=1S/C11H17N3O4/c15-9-5-12-8(4-13-9)10(16)14-3-1-2-7(6-14)11(17)18/h7-8,12H,1-6H2,(H,13,15)(H,17,18). The van der Waals surface area contributed by atoms with Crippen LogP contribution in [0.2, 0.25) is 0 Å². The van der Waals surface area contributed by atoms with Gasteiger partial charge in [-0.05, 0) is 12.8 Å². The highest BCUT2D eigenvalue weighted by atomic mass is 16.4. The Morgan fingerprint density at radius 3 is 2.78 bits per heavy atom. The zero-order valence-electron chi connectivity index (χ0n) is 10.0. The molecule has 2 aliphatic rings. The van der Waals surface area contributed by atoms with Crippen molar-refractivity contribution in [2.24, 2.45) is 5.92 Å². The van der Waals surface area contributed by atoms with Crippen LogP contribution in [0.5, 0.6) is 0 Å². The van der Waals surface area contributed by atoms with Gasteiger partial charge in [0.05, 0.1) is 12.5 Å². The molecule has 7 heteroatoms. The van der Waals surface area contributed by atoms with E-state index in [9.17, 15) is 14.4 Å². The van der Waals surface area contributed by atoms with Gasteiger partial charge >= 0.3 is 5.97 Å². The number of nitrogens with one attached hydrogen (secondary N) is 2. The van der Waals surface area contributed by atoms with Crippen LogP contribution in [-0.2, 0) is 14.4 Å². The van der Waals surface area contributed by atoms with Gasteiger partial charge in [0.25, 0.3) is 0 Å². The van der Waals surface area contributed by atoms with Crippen LogP contribution in [0, 0.1) is 5.92 Å². The molecule has 0 saturated carbocycles. The van der Waals surface area contributed by atoms with Crippen molar-refractivity contribution in [1.29, 1.82) is 0 Å². The SMILES string of the molecule is O=C1CNC(C(=O)N2CCCC(C(=O)O)C2)CN1. The maximum atomic E-state index is 12.1. The van der Waals surface area contributed by atoms with Gasteiger partial charge in [-0.25, -0.2) is 0 Å². The normalized spacial score (nSPS) is 28.7. The Kier molecular flexibility index (Phi) is 3.81. The Morgan fingerprint density at radius 2 is 2.17 bits per heavy atom. The Bertz CT molecular complexity index is 361. The molecule has 2 fully saturated rings. The summed E-state index contributed by atoms with van der Waals surface area (Å²) in [5.74, 6) is -1.57. The quantitative estimate of drug-likeness (QED) is 0.552. The van der Waals surface area contributed by atoms with Gasteiger partial charge < -0.3 is 15.3 Å². The topological polar surface area (TPSA) is 98.7 Å². The lowest BCUT2D eigenvalue weighted by atomic mass is 9.97. The van der Waals surface area contributed by atoms with E-state index in [4.69, 9.17) is 5.11 Å². The van der Waals surface area contributed by atoms with Crippen molar-refractivity contribution < 1.29 is 19.5 Å². The lowest BCUT2D eigenvalue weighted by Gasteiger charge is -2.34. The van der Waals surface area contributed by atoms with E-state index in [0.717, 1.165) is 0 Å². The van der Waals surface area contributed by atoms with Gasteiger partial charge in [0.2, 0.25) is 11.8 Å². The molecule has 0 aliphatic carbocycles. The van der Waals surface area contributed by atoms with Crippen LogP contribution in [0.15, 0.2) is 0 Å². The first-order valence-electron chi connectivity index (χ1n) is 6.09. The highest BCUT2D eigenvalue weighted by Crippen LogP contribution is 2.17. The number of carboxylic acids is 1. The minimum absolute atomic E-state index is 0.124. The second kappa shape index (κ2) is 5.34. The maximum Gasteiger partial charge on any atom is 0.308 e. The molecule has 0 aromatic heterocycles. The first kappa shape index (κ1) is 12.8. The molecule has 0 spiro atoms. The van der Waals surface area contributed by atoms with E-state index >= 15 is 0 Å². The summed E-state index contributed by atoms with van der Waals surface area (Å²) in [5, 5.41) is 14.5. The van der Waals surface area contributed by atoms with Gasteiger partial charge in [0.15, 0.2) is 0 Å². The van der Waals surface area contributed by atoms with Gasteiger partial charge in [0.1, 0.15) is 6.04 Å². The zero-order valence-corrected chi connectivity index (χ0v) is 10.0. The molecule has 2 heterocycles. The predicted octanol–water partition coefficient (Wildman–Crippen LogP) is -1.60. The summed E-state index contributed by atoms with van der Waals surface area (Å²) in [5.41, 5.74) is 0. The van der Waals surface area contributed by atoms with Crippen LogP contribution < -0.4 is 10.6 Å². The van der Waals surface area contributed by atoms with Gasteiger partial charge in [-0.1, -0.05) is 0 Å². The minimum atomic E-state index is -0.850. The van der Waals surface area contributed by atoms with Crippen LogP contribution >= 0.6 is 0 Å². The number of carbonyl (C=O) groups excluding carboxylic acids is 2. The number of hydrogen-bond acceptors (Lipinski definition) is 4. The first-order valence-corrected chi connectivity index (χ1v) is 6.09. The molecule has 2 unspecified atom stereocenters. The second-order valence-electron chi connectivity index (χ2n) is 4.70. The van der Waals surface area contributed by atoms with Crippen molar-refractivity contribution in [3.05, 3.63) is 0 Å². The number of likely N-dealkylation sites (tertiary alicyclic amines) is 1. The highest BCUT2D eigenvalue weighted by molar-refractivity contribution is 5.87. The fourth-order valence-electron chi connectivity index (χ4n) is 2.34. The van der Waals surface area contributed by atoms with Gasteiger partial charge in [-0.2, -0.15) is 0 Å². The predicted molar refractivity (Wildman–Crippen MR) is 61.7 cm³/mol. The number of piperidine rings is 1. The third-order valence-electron chi connectivity index (χ3n) is 3.39. The lowest BCUT2D eigenvalue weighted by Crippen LogP contribution is -2.59. The summed E-state index contributed by atoms with van der Waals surface area (Å²) in [7, 11) is 0. The Labute approximate surface area is 105 Å². The van der Waals surface area contributed by atoms with Crippen LogP contribution in [0.25, 0.3) is 0 Å². The van der Waals surface area contributed by atoms with E-state index in [1.807, 2.05) is 0 Å². The molecule has 2 atom stereocenters. The number of piperazine rings is 1. The van der Waals surface area contributed by atoms with E-state index in [-0.39, 0.29) is 31.4 Å². The molecule has 2 saturated heterocycles. The zero-order chi connectivity index (χ0) is 13.1. The van der Waals surface area contributed by atoms with E-state index in [2.05, 4.69) is 10.6 Å². The summed E-state index contributed by atoms with van der Waals surface area (Å²) >= 11 is 0. The van der Waals surface area contributed by atoms with Crippen molar-refractivity contribution in [3.8, 4) is 0 Å². The van der Waals surface area contributed by atoms with Crippen LogP contribution in [0.1, 0.15) is 12.8 Å². The summed E-state index contributed by atoms with van der Waals surface area (Å²) in [6, 6.07) is -0.435. The van der Waals surface area contributed by atoms with E-state index < -0.39 is 17.9 Å². The molecule has 0 aromatic rings. The molecular weight excluding hydrogens is 238 g/mol. The number of carbonyl (C=O) groups is 3. The minimum Gasteiger partial charge on any atom is -0.481 e. The maximum absolute atomic E-state index is 12.1. The van der Waals surface area contributed by atoms with E-state index in [1.54, 1.807) is 4.90 Å².